The molecule has 5 nitrogen and oxygen atoms in total. The van der Waals surface area contributed by atoms with E-state index in [2.05, 4.69) is 48.2 Å². The van der Waals surface area contributed by atoms with Gasteiger partial charge in [-0.3, -0.25) is 0 Å². The molecular weight excluding hydrogens is 346 g/mol. The second-order valence-electron chi connectivity index (χ2n) is 7.23. The highest BCUT2D eigenvalue weighted by atomic mass is 32.2. The van der Waals surface area contributed by atoms with Crippen molar-refractivity contribution >= 4 is 26.6 Å². The molecule has 0 saturated carbocycles. The molecule has 1 aromatic heterocycles. The average Bonchev–Trinajstić information content (AvgIpc) is 2.59. The Labute approximate surface area is 154 Å². The summed E-state index contributed by atoms with van der Waals surface area (Å²) in [4.78, 5) is 8.83. The van der Waals surface area contributed by atoms with Crippen molar-refractivity contribution < 1.29 is 8.42 Å². The summed E-state index contributed by atoms with van der Waals surface area (Å²) in [5, 5.41) is 4.09. The summed E-state index contributed by atoms with van der Waals surface area (Å²) in [6, 6.07) is 13.2. The molecule has 0 aliphatic carbocycles. The standard InChI is InChI=1S/C20H23N3O2S/c1-14-7-5-6-8-17(14)20(2,3)12-21-19-16-11-15(26(4,24)25)9-10-18(16)22-13-23-19/h5-11,13H,12H2,1-4H3,(H,21,22,23). The predicted molar refractivity (Wildman–Crippen MR) is 105 cm³/mol. The van der Waals surface area contributed by atoms with Crippen molar-refractivity contribution in [2.24, 2.45) is 0 Å². The van der Waals surface area contributed by atoms with Crippen LogP contribution in [0, 0.1) is 6.92 Å². The summed E-state index contributed by atoms with van der Waals surface area (Å²) in [7, 11) is -3.29. The second-order valence-corrected chi connectivity index (χ2v) is 9.24. The molecule has 26 heavy (non-hydrogen) atoms. The van der Waals surface area contributed by atoms with Crippen LogP contribution in [0.25, 0.3) is 10.9 Å². The molecule has 0 spiro atoms. The number of hydrogen-bond acceptors (Lipinski definition) is 5. The summed E-state index contributed by atoms with van der Waals surface area (Å²) in [5.41, 5.74) is 3.11. The number of benzene rings is 2. The number of aromatic nitrogens is 2. The van der Waals surface area contributed by atoms with Crippen LogP contribution in [-0.2, 0) is 15.3 Å². The number of fused-ring (bicyclic) bond motifs is 1. The molecule has 3 aromatic rings. The smallest absolute Gasteiger partial charge is 0.175 e. The SMILES string of the molecule is Cc1ccccc1C(C)(C)CNc1ncnc2ccc(S(C)(=O)=O)cc12. The van der Waals surface area contributed by atoms with Crippen LogP contribution in [0.15, 0.2) is 53.7 Å². The number of hydrogen-bond donors (Lipinski definition) is 1. The molecule has 136 valence electrons. The van der Waals surface area contributed by atoms with Crippen LogP contribution in [0.5, 0.6) is 0 Å². The summed E-state index contributed by atoms with van der Waals surface area (Å²) in [5.74, 6) is 0.641. The average molecular weight is 369 g/mol. The maximum Gasteiger partial charge on any atom is 0.175 e. The lowest BCUT2D eigenvalue weighted by molar-refractivity contribution is 0.553. The third kappa shape index (κ3) is 3.70. The molecular formula is C20H23N3O2S. The number of anilines is 1. The van der Waals surface area contributed by atoms with Gasteiger partial charge in [-0.25, -0.2) is 18.4 Å². The van der Waals surface area contributed by atoms with Gasteiger partial charge >= 0.3 is 0 Å². The molecule has 1 N–H and O–H groups in total. The van der Waals surface area contributed by atoms with Crippen LogP contribution in [0.1, 0.15) is 25.0 Å². The van der Waals surface area contributed by atoms with Gasteiger partial charge in [0.05, 0.1) is 10.4 Å². The van der Waals surface area contributed by atoms with Crippen molar-refractivity contribution in [1.29, 1.82) is 0 Å². The number of nitrogens with one attached hydrogen (secondary N) is 1. The zero-order valence-corrected chi connectivity index (χ0v) is 16.3. The van der Waals surface area contributed by atoms with Gasteiger partial charge in [-0.15, -0.1) is 0 Å². The molecule has 0 aliphatic rings. The van der Waals surface area contributed by atoms with Gasteiger partial charge in [0.15, 0.2) is 9.84 Å². The van der Waals surface area contributed by atoms with Crippen molar-refractivity contribution in [3.63, 3.8) is 0 Å². The number of nitrogens with zero attached hydrogens (tertiary/aromatic N) is 2. The normalized spacial score (nSPS) is 12.3. The van der Waals surface area contributed by atoms with Crippen molar-refractivity contribution in [2.45, 2.75) is 31.1 Å². The lowest BCUT2D eigenvalue weighted by Gasteiger charge is -2.28. The number of sulfone groups is 1. The van der Waals surface area contributed by atoms with Crippen molar-refractivity contribution in [3.8, 4) is 0 Å². The Morgan fingerprint density at radius 3 is 2.50 bits per heavy atom. The molecule has 0 radical (unpaired) electrons. The van der Waals surface area contributed by atoms with Gasteiger partial charge in [0, 0.05) is 23.6 Å². The minimum absolute atomic E-state index is 0.114. The van der Waals surface area contributed by atoms with E-state index in [1.54, 1.807) is 18.2 Å². The zero-order valence-electron chi connectivity index (χ0n) is 15.4. The first-order valence-electron chi connectivity index (χ1n) is 8.43. The Kier molecular flexibility index (Phi) is 4.71. The van der Waals surface area contributed by atoms with Crippen LogP contribution in [0.2, 0.25) is 0 Å². The van der Waals surface area contributed by atoms with Crippen LogP contribution in [-0.4, -0.2) is 31.2 Å². The first kappa shape index (κ1) is 18.3. The highest BCUT2D eigenvalue weighted by molar-refractivity contribution is 7.90. The first-order valence-corrected chi connectivity index (χ1v) is 10.3. The van der Waals surface area contributed by atoms with Gasteiger partial charge < -0.3 is 5.32 Å². The van der Waals surface area contributed by atoms with E-state index in [0.717, 1.165) is 0 Å². The molecule has 0 saturated heterocycles. The third-order valence-corrected chi connectivity index (χ3v) is 5.72. The van der Waals surface area contributed by atoms with E-state index in [4.69, 9.17) is 0 Å². The van der Waals surface area contributed by atoms with Crippen LogP contribution < -0.4 is 5.32 Å². The molecule has 2 aromatic carbocycles. The molecule has 0 unspecified atom stereocenters. The van der Waals surface area contributed by atoms with Crippen LogP contribution in [0.3, 0.4) is 0 Å². The van der Waals surface area contributed by atoms with E-state index in [1.807, 2.05) is 12.1 Å². The van der Waals surface area contributed by atoms with E-state index in [-0.39, 0.29) is 10.3 Å². The number of aryl methyl sites for hydroxylation is 1. The van der Waals surface area contributed by atoms with Gasteiger partial charge in [-0.05, 0) is 36.2 Å². The highest BCUT2D eigenvalue weighted by Gasteiger charge is 2.22. The van der Waals surface area contributed by atoms with E-state index >= 15 is 0 Å². The van der Waals surface area contributed by atoms with Crippen molar-refractivity contribution in [1.82, 2.24) is 9.97 Å². The van der Waals surface area contributed by atoms with Crippen molar-refractivity contribution in [3.05, 3.63) is 59.9 Å². The topological polar surface area (TPSA) is 72.0 Å². The summed E-state index contributed by atoms with van der Waals surface area (Å²) >= 11 is 0. The monoisotopic (exact) mass is 369 g/mol. The Morgan fingerprint density at radius 2 is 1.81 bits per heavy atom. The van der Waals surface area contributed by atoms with Crippen LogP contribution >= 0.6 is 0 Å². The maximum atomic E-state index is 11.9. The summed E-state index contributed by atoms with van der Waals surface area (Å²) < 4.78 is 23.7. The maximum absolute atomic E-state index is 11.9. The quantitative estimate of drug-likeness (QED) is 0.742. The highest BCUT2D eigenvalue weighted by Crippen LogP contribution is 2.28. The van der Waals surface area contributed by atoms with Gasteiger partial charge in [0.2, 0.25) is 0 Å². The Balaban J connectivity index is 1.95. The van der Waals surface area contributed by atoms with Gasteiger partial charge in [0.25, 0.3) is 0 Å². The van der Waals surface area contributed by atoms with Gasteiger partial charge in [-0.1, -0.05) is 38.1 Å². The van der Waals surface area contributed by atoms with E-state index in [9.17, 15) is 8.42 Å². The molecule has 1 heterocycles. The van der Waals surface area contributed by atoms with Crippen LogP contribution in [0.4, 0.5) is 5.82 Å². The van der Waals surface area contributed by atoms with Gasteiger partial charge in [0.1, 0.15) is 12.1 Å². The Hall–Kier alpha value is -2.47. The number of rotatable bonds is 5. The van der Waals surface area contributed by atoms with E-state index < -0.39 is 9.84 Å². The zero-order chi connectivity index (χ0) is 18.9. The Morgan fingerprint density at radius 1 is 1.08 bits per heavy atom. The molecule has 0 fully saturated rings. The van der Waals surface area contributed by atoms with E-state index in [0.29, 0.717) is 23.3 Å². The van der Waals surface area contributed by atoms with Gasteiger partial charge in [-0.2, -0.15) is 0 Å². The van der Waals surface area contributed by atoms with E-state index in [1.165, 1.54) is 23.7 Å². The summed E-state index contributed by atoms with van der Waals surface area (Å²) in [6.07, 6.45) is 2.69. The lowest BCUT2D eigenvalue weighted by atomic mass is 9.82. The lowest BCUT2D eigenvalue weighted by Crippen LogP contribution is -2.28. The molecule has 3 rings (SSSR count). The fraction of sp³-hybridized carbons (Fsp3) is 0.300. The first-order chi connectivity index (χ1) is 12.2. The fourth-order valence-electron chi connectivity index (χ4n) is 3.14. The Bertz CT molecular complexity index is 1060. The van der Waals surface area contributed by atoms with Crippen molar-refractivity contribution in [2.75, 3.05) is 18.1 Å². The summed E-state index contributed by atoms with van der Waals surface area (Å²) in [6.45, 7) is 7.11. The minimum Gasteiger partial charge on any atom is -0.369 e. The minimum atomic E-state index is -3.29. The molecule has 6 heteroatoms. The molecule has 0 bridgehead atoms. The predicted octanol–water partition coefficient (Wildman–Crippen LogP) is 3.73. The second kappa shape index (κ2) is 6.68. The third-order valence-electron chi connectivity index (χ3n) is 4.61. The molecule has 0 atom stereocenters. The molecule has 0 amide bonds. The largest absolute Gasteiger partial charge is 0.369 e. The fourth-order valence-corrected chi connectivity index (χ4v) is 3.79. The molecule has 0 aliphatic heterocycles.